The molecule has 5 rings (SSSR count). The van der Waals surface area contributed by atoms with Crippen LogP contribution in [0.25, 0.3) is 27.1 Å². The van der Waals surface area contributed by atoms with Crippen molar-refractivity contribution in [3.63, 3.8) is 0 Å². The maximum Gasteiger partial charge on any atom is 0.229 e. The van der Waals surface area contributed by atoms with Gasteiger partial charge in [0.15, 0.2) is 10.8 Å². The zero-order chi connectivity index (χ0) is 20.8. The van der Waals surface area contributed by atoms with Gasteiger partial charge in [-0.15, -0.1) is 0 Å². The molecule has 8 nitrogen and oxygen atoms in total. The fraction of sp³-hybridized carbons (Fsp3) is 0.381. The lowest BCUT2D eigenvalue weighted by Gasteiger charge is -2.12. The number of fused-ring (bicyclic) bond motifs is 3. The number of anilines is 1. The van der Waals surface area contributed by atoms with Crippen molar-refractivity contribution in [2.75, 3.05) is 5.32 Å². The van der Waals surface area contributed by atoms with Gasteiger partial charge in [0.25, 0.3) is 0 Å². The summed E-state index contributed by atoms with van der Waals surface area (Å²) >= 11 is 1.39. The number of aliphatic hydroxyl groups excluding tert-OH is 1. The molecule has 30 heavy (non-hydrogen) atoms. The Morgan fingerprint density at radius 2 is 2.17 bits per heavy atom. The number of thiazole rings is 1. The average molecular weight is 423 g/mol. The van der Waals surface area contributed by atoms with Crippen LogP contribution in [0.5, 0.6) is 0 Å². The van der Waals surface area contributed by atoms with Crippen LogP contribution in [-0.4, -0.2) is 35.6 Å². The molecule has 0 aliphatic heterocycles. The zero-order valence-corrected chi connectivity index (χ0v) is 17.6. The molecule has 1 fully saturated rings. The van der Waals surface area contributed by atoms with E-state index in [0.717, 1.165) is 46.3 Å². The molecule has 0 unspecified atom stereocenters. The molecule has 0 radical (unpaired) electrons. The molecule has 9 heteroatoms. The highest BCUT2D eigenvalue weighted by Gasteiger charge is 2.30. The minimum atomic E-state index is -0.561. The number of aliphatic hydroxyl groups is 1. The van der Waals surface area contributed by atoms with E-state index in [-0.39, 0.29) is 11.8 Å². The van der Waals surface area contributed by atoms with Crippen molar-refractivity contribution in [1.82, 2.24) is 24.6 Å². The third kappa shape index (κ3) is 3.33. The van der Waals surface area contributed by atoms with E-state index < -0.39 is 6.10 Å². The van der Waals surface area contributed by atoms with E-state index in [2.05, 4.69) is 25.4 Å². The molecule has 4 aromatic rings. The molecule has 1 atom stereocenters. The monoisotopic (exact) mass is 422 g/mol. The van der Waals surface area contributed by atoms with Crippen LogP contribution in [-0.2, 0) is 4.79 Å². The molecule has 154 valence electrons. The van der Waals surface area contributed by atoms with Crippen LogP contribution in [0.4, 0.5) is 5.13 Å². The first-order chi connectivity index (χ1) is 14.5. The third-order valence-corrected chi connectivity index (χ3v) is 6.36. The average Bonchev–Trinajstić information content (AvgIpc) is 3.32. The highest BCUT2D eigenvalue weighted by Crippen LogP contribution is 2.35. The van der Waals surface area contributed by atoms with Gasteiger partial charge in [0, 0.05) is 23.2 Å². The summed E-state index contributed by atoms with van der Waals surface area (Å²) in [6.07, 6.45) is 6.20. The number of nitrogens with one attached hydrogen (secondary N) is 1. The van der Waals surface area contributed by atoms with E-state index in [9.17, 15) is 9.90 Å². The van der Waals surface area contributed by atoms with E-state index >= 15 is 0 Å². The van der Waals surface area contributed by atoms with Gasteiger partial charge < -0.3 is 10.4 Å². The van der Waals surface area contributed by atoms with E-state index in [0.29, 0.717) is 22.9 Å². The van der Waals surface area contributed by atoms with Crippen molar-refractivity contribution in [3.8, 4) is 11.1 Å². The van der Waals surface area contributed by atoms with Crippen LogP contribution < -0.4 is 5.32 Å². The van der Waals surface area contributed by atoms with Crippen molar-refractivity contribution in [3.05, 3.63) is 35.9 Å². The lowest BCUT2D eigenvalue weighted by Crippen LogP contribution is -2.12. The third-order valence-electron chi connectivity index (χ3n) is 5.40. The Labute approximate surface area is 177 Å². The Kier molecular flexibility index (Phi) is 4.71. The van der Waals surface area contributed by atoms with E-state index in [1.54, 1.807) is 10.7 Å². The maximum atomic E-state index is 12.1. The van der Waals surface area contributed by atoms with E-state index in [1.807, 2.05) is 26.0 Å². The second-order valence-electron chi connectivity index (χ2n) is 7.75. The Morgan fingerprint density at radius 1 is 1.33 bits per heavy atom. The Hall–Kier alpha value is -2.91. The molecule has 0 aromatic carbocycles. The molecule has 0 saturated heterocycles. The van der Waals surface area contributed by atoms with Crippen LogP contribution in [0, 0.1) is 12.8 Å². The van der Waals surface area contributed by atoms with Gasteiger partial charge in [-0.05, 0) is 43.9 Å². The number of rotatable bonds is 6. The highest BCUT2D eigenvalue weighted by atomic mass is 32.1. The molecule has 1 aliphatic rings. The van der Waals surface area contributed by atoms with Gasteiger partial charge in [-0.3, -0.25) is 9.78 Å². The van der Waals surface area contributed by atoms with Crippen LogP contribution in [0.3, 0.4) is 0 Å². The number of pyridine rings is 2. The summed E-state index contributed by atoms with van der Waals surface area (Å²) in [5, 5.41) is 18.1. The van der Waals surface area contributed by atoms with Gasteiger partial charge >= 0.3 is 0 Å². The standard InChI is InChI=1S/C21H22N6O2S/c1-3-4-17(28)15-7-11(2)14(9-22-15)13-8-16-20(27-18(13)23-10-24-27)30-21(25-16)26-19(29)12-5-6-12/h7-10,12,17,28H,3-6H2,1-2H3,(H,25,26,29)/t17-/m0/s1. The normalized spacial score (nSPS) is 15.0. The Bertz CT molecular complexity index is 1260. The minimum absolute atomic E-state index is 0.0328. The predicted molar refractivity (Wildman–Crippen MR) is 115 cm³/mol. The molecular formula is C21H22N6O2S. The van der Waals surface area contributed by atoms with Crippen LogP contribution >= 0.6 is 11.3 Å². The van der Waals surface area contributed by atoms with Crippen molar-refractivity contribution >= 4 is 38.4 Å². The molecular weight excluding hydrogens is 400 g/mol. The van der Waals surface area contributed by atoms with Crippen LogP contribution in [0.15, 0.2) is 24.7 Å². The second-order valence-corrected chi connectivity index (χ2v) is 8.73. The zero-order valence-electron chi connectivity index (χ0n) is 16.8. The van der Waals surface area contributed by atoms with E-state index in [4.69, 9.17) is 0 Å². The van der Waals surface area contributed by atoms with Gasteiger partial charge in [0.2, 0.25) is 5.91 Å². The Morgan fingerprint density at radius 3 is 2.90 bits per heavy atom. The smallest absolute Gasteiger partial charge is 0.229 e. The van der Waals surface area contributed by atoms with Crippen molar-refractivity contribution in [1.29, 1.82) is 0 Å². The highest BCUT2D eigenvalue weighted by molar-refractivity contribution is 7.22. The fourth-order valence-corrected chi connectivity index (χ4v) is 4.52. The van der Waals surface area contributed by atoms with Crippen molar-refractivity contribution < 1.29 is 9.90 Å². The van der Waals surface area contributed by atoms with Gasteiger partial charge in [0.1, 0.15) is 16.7 Å². The summed E-state index contributed by atoms with van der Waals surface area (Å²) < 4.78 is 1.76. The predicted octanol–water partition coefficient (Wildman–Crippen LogP) is 3.89. The maximum absolute atomic E-state index is 12.1. The largest absolute Gasteiger partial charge is 0.387 e. The number of amides is 1. The van der Waals surface area contributed by atoms with Crippen molar-refractivity contribution in [2.24, 2.45) is 5.92 Å². The van der Waals surface area contributed by atoms with Crippen LogP contribution in [0.1, 0.15) is 50.0 Å². The molecule has 0 spiro atoms. The molecule has 1 aliphatic carbocycles. The summed E-state index contributed by atoms with van der Waals surface area (Å²) in [7, 11) is 0. The first-order valence-corrected chi connectivity index (χ1v) is 11.0. The first kappa shape index (κ1) is 19.1. The lowest BCUT2D eigenvalue weighted by molar-refractivity contribution is -0.117. The number of carbonyl (C=O) groups is 1. The van der Waals surface area contributed by atoms with E-state index in [1.165, 1.54) is 17.7 Å². The van der Waals surface area contributed by atoms with Crippen molar-refractivity contribution in [2.45, 2.75) is 45.6 Å². The molecule has 1 amide bonds. The number of carbonyl (C=O) groups excluding carboxylic acids is 1. The summed E-state index contributed by atoms with van der Waals surface area (Å²) in [5.41, 5.74) is 4.91. The summed E-state index contributed by atoms with van der Waals surface area (Å²) in [6, 6.07) is 3.89. The second kappa shape index (κ2) is 7.41. The Balaban J connectivity index is 1.58. The fourth-order valence-electron chi connectivity index (χ4n) is 3.61. The number of aromatic nitrogens is 5. The SMILES string of the molecule is CCC[C@H](O)c1cc(C)c(-c2cc3nc(NC(=O)C4CC4)sc3n3ncnc23)cn1. The van der Waals surface area contributed by atoms with Gasteiger partial charge in [-0.25, -0.2) is 14.5 Å². The summed E-state index contributed by atoms with van der Waals surface area (Å²) in [6.45, 7) is 4.04. The lowest BCUT2D eigenvalue weighted by atomic mass is 10.0. The minimum Gasteiger partial charge on any atom is -0.387 e. The van der Waals surface area contributed by atoms with Crippen LogP contribution in [0.2, 0.25) is 0 Å². The number of aryl methyl sites for hydroxylation is 1. The molecule has 1 saturated carbocycles. The topological polar surface area (TPSA) is 105 Å². The molecule has 0 bridgehead atoms. The summed E-state index contributed by atoms with van der Waals surface area (Å²) in [4.78, 5) is 26.5. The molecule has 2 N–H and O–H groups in total. The summed E-state index contributed by atoms with van der Waals surface area (Å²) in [5.74, 6) is 0.152. The quantitative estimate of drug-likeness (QED) is 0.488. The molecule has 4 heterocycles. The number of nitrogens with zero attached hydrogens (tertiary/aromatic N) is 5. The van der Waals surface area contributed by atoms with Gasteiger partial charge in [-0.2, -0.15) is 5.10 Å². The van der Waals surface area contributed by atoms with Gasteiger partial charge in [0.05, 0.1) is 11.8 Å². The van der Waals surface area contributed by atoms with Gasteiger partial charge in [-0.1, -0.05) is 24.7 Å². The molecule has 4 aromatic heterocycles. The first-order valence-electron chi connectivity index (χ1n) is 10.1. The number of hydrogen-bond donors (Lipinski definition) is 2. The number of hydrogen-bond acceptors (Lipinski definition) is 7.